The van der Waals surface area contributed by atoms with E-state index in [9.17, 15) is 4.79 Å². The molecule has 3 aromatic rings. The first kappa shape index (κ1) is 19.0. The van der Waals surface area contributed by atoms with Gasteiger partial charge in [0.15, 0.2) is 17.2 Å². The third-order valence-corrected chi connectivity index (χ3v) is 4.95. The van der Waals surface area contributed by atoms with Gasteiger partial charge in [0.05, 0.1) is 7.11 Å². The Morgan fingerprint density at radius 2 is 2.07 bits per heavy atom. The first-order chi connectivity index (χ1) is 14.2. The first-order valence-corrected chi connectivity index (χ1v) is 9.73. The van der Waals surface area contributed by atoms with Gasteiger partial charge in [-0.05, 0) is 37.5 Å². The predicted molar refractivity (Wildman–Crippen MR) is 107 cm³/mol. The fourth-order valence-corrected chi connectivity index (χ4v) is 3.44. The second-order valence-electron chi connectivity index (χ2n) is 6.96. The molecule has 1 aromatic carbocycles. The summed E-state index contributed by atoms with van der Waals surface area (Å²) >= 11 is 0. The molecular weight excluding hydrogens is 370 g/mol. The van der Waals surface area contributed by atoms with Crippen molar-refractivity contribution in [3.05, 3.63) is 65.3 Å². The molecule has 29 heavy (non-hydrogen) atoms. The molecule has 1 N–H and O–H groups in total. The normalized spacial score (nSPS) is 13.3. The number of carbonyl (C=O) groups is 1. The highest BCUT2D eigenvalue weighted by Crippen LogP contribution is 2.31. The number of anilines is 1. The Bertz CT molecular complexity index is 985. The maximum absolute atomic E-state index is 12.8. The van der Waals surface area contributed by atoms with Crippen LogP contribution in [0.15, 0.2) is 47.2 Å². The zero-order valence-electron chi connectivity index (χ0n) is 16.3. The highest BCUT2D eigenvalue weighted by Gasteiger charge is 2.23. The zero-order valence-corrected chi connectivity index (χ0v) is 16.3. The number of fused-ring (bicyclic) bond motifs is 1. The van der Waals surface area contributed by atoms with Crippen molar-refractivity contribution in [2.45, 2.75) is 38.7 Å². The second kappa shape index (κ2) is 8.77. The molecule has 0 fully saturated rings. The molecule has 4 rings (SSSR count). The van der Waals surface area contributed by atoms with Crippen LogP contribution in [0.3, 0.4) is 0 Å². The topological polar surface area (TPSA) is 86.5 Å². The van der Waals surface area contributed by atoms with Crippen molar-refractivity contribution in [2.24, 2.45) is 0 Å². The van der Waals surface area contributed by atoms with Gasteiger partial charge >= 0.3 is 0 Å². The number of aryl methyl sites for hydroxylation is 1. The lowest BCUT2D eigenvalue weighted by Gasteiger charge is -2.13. The molecule has 7 heteroatoms. The van der Waals surface area contributed by atoms with Crippen LogP contribution in [0.5, 0.6) is 11.5 Å². The predicted octanol–water partition coefficient (Wildman–Crippen LogP) is 4.18. The standard InChI is InChI=1S/C22H23N3O4/c1-27-19-10-9-16(12-20(19)28-14-15-6-5-11-23-13-15)24-22(26)21-17-7-3-2-4-8-18(17)29-25-21/h5-6,9-13H,2-4,7-8,14H2,1H3,(H,24,26). The molecular formula is C22H23N3O4. The lowest BCUT2D eigenvalue weighted by Crippen LogP contribution is -2.14. The first-order valence-electron chi connectivity index (χ1n) is 9.73. The summed E-state index contributed by atoms with van der Waals surface area (Å²) in [5, 5.41) is 6.91. The Morgan fingerprint density at radius 1 is 1.17 bits per heavy atom. The second-order valence-corrected chi connectivity index (χ2v) is 6.96. The van der Waals surface area contributed by atoms with Gasteiger partial charge in [0, 0.05) is 41.7 Å². The number of aromatic nitrogens is 2. The van der Waals surface area contributed by atoms with Crippen molar-refractivity contribution in [1.82, 2.24) is 10.1 Å². The van der Waals surface area contributed by atoms with E-state index >= 15 is 0 Å². The smallest absolute Gasteiger partial charge is 0.278 e. The number of nitrogens with zero attached hydrogens (tertiary/aromatic N) is 2. The molecule has 2 heterocycles. The Balaban J connectivity index is 1.50. The Hall–Kier alpha value is -3.35. The average molecular weight is 393 g/mol. The van der Waals surface area contributed by atoms with Crippen LogP contribution in [0.1, 0.15) is 46.6 Å². The fourth-order valence-electron chi connectivity index (χ4n) is 3.44. The quantitative estimate of drug-likeness (QED) is 0.632. The van der Waals surface area contributed by atoms with E-state index in [0.29, 0.717) is 29.5 Å². The molecule has 0 saturated heterocycles. The molecule has 0 bridgehead atoms. The zero-order chi connectivity index (χ0) is 20.1. The van der Waals surface area contributed by atoms with Crippen LogP contribution >= 0.6 is 0 Å². The van der Waals surface area contributed by atoms with Gasteiger partial charge in [-0.15, -0.1) is 0 Å². The number of amides is 1. The molecule has 1 aliphatic carbocycles. The van der Waals surface area contributed by atoms with Crippen molar-refractivity contribution in [1.29, 1.82) is 0 Å². The number of rotatable bonds is 6. The number of hydrogen-bond acceptors (Lipinski definition) is 6. The van der Waals surface area contributed by atoms with E-state index in [1.165, 1.54) is 0 Å². The fraction of sp³-hybridized carbons (Fsp3) is 0.318. The maximum atomic E-state index is 12.8. The average Bonchev–Trinajstić information content (AvgIpc) is 3.01. The number of methoxy groups -OCH3 is 1. The summed E-state index contributed by atoms with van der Waals surface area (Å²) in [5.74, 6) is 1.68. The van der Waals surface area contributed by atoms with E-state index in [2.05, 4.69) is 15.5 Å². The third kappa shape index (κ3) is 4.39. The van der Waals surface area contributed by atoms with Gasteiger partial charge in [-0.2, -0.15) is 0 Å². The van der Waals surface area contributed by atoms with E-state index in [4.69, 9.17) is 14.0 Å². The summed E-state index contributed by atoms with van der Waals surface area (Å²) in [6.07, 6.45) is 8.37. The van der Waals surface area contributed by atoms with E-state index in [-0.39, 0.29) is 5.91 Å². The van der Waals surface area contributed by atoms with Crippen LogP contribution in [0.25, 0.3) is 0 Å². The van der Waals surface area contributed by atoms with Gasteiger partial charge in [0.1, 0.15) is 12.4 Å². The highest BCUT2D eigenvalue weighted by atomic mass is 16.5. The van der Waals surface area contributed by atoms with Crippen molar-refractivity contribution < 1.29 is 18.8 Å². The summed E-state index contributed by atoms with van der Waals surface area (Å²) in [5.41, 5.74) is 2.84. The molecule has 0 atom stereocenters. The van der Waals surface area contributed by atoms with Crippen molar-refractivity contribution >= 4 is 11.6 Å². The van der Waals surface area contributed by atoms with Gasteiger partial charge in [0.25, 0.3) is 5.91 Å². The Kier molecular flexibility index (Phi) is 5.74. The SMILES string of the molecule is COc1ccc(NC(=O)c2noc3c2CCCCC3)cc1OCc1cccnc1. The van der Waals surface area contributed by atoms with Crippen molar-refractivity contribution in [3.8, 4) is 11.5 Å². The maximum Gasteiger partial charge on any atom is 0.278 e. The molecule has 0 spiro atoms. The summed E-state index contributed by atoms with van der Waals surface area (Å²) in [7, 11) is 1.58. The van der Waals surface area contributed by atoms with E-state index in [1.54, 1.807) is 37.7 Å². The van der Waals surface area contributed by atoms with Crippen LogP contribution in [-0.4, -0.2) is 23.2 Å². The summed E-state index contributed by atoms with van der Waals surface area (Å²) in [6, 6.07) is 9.06. The van der Waals surface area contributed by atoms with E-state index in [1.807, 2.05) is 12.1 Å². The molecule has 0 aliphatic heterocycles. The summed E-state index contributed by atoms with van der Waals surface area (Å²) in [4.78, 5) is 16.9. The minimum absolute atomic E-state index is 0.278. The van der Waals surface area contributed by atoms with Crippen LogP contribution in [0.2, 0.25) is 0 Å². The number of benzene rings is 1. The van der Waals surface area contributed by atoms with Crippen molar-refractivity contribution in [3.63, 3.8) is 0 Å². The minimum atomic E-state index is -0.278. The number of hydrogen-bond donors (Lipinski definition) is 1. The summed E-state index contributed by atoms with van der Waals surface area (Å²) in [6.45, 7) is 0.346. The molecule has 1 amide bonds. The van der Waals surface area contributed by atoms with Crippen LogP contribution in [0, 0.1) is 0 Å². The van der Waals surface area contributed by atoms with Crippen LogP contribution < -0.4 is 14.8 Å². The number of ether oxygens (including phenoxy) is 2. The largest absolute Gasteiger partial charge is 0.493 e. The number of pyridine rings is 1. The van der Waals surface area contributed by atoms with E-state index < -0.39 is 0 Å². The molecule has 2 aromatic heterocycles. The molecule has 0 saturated carbocycles. The summed E-state index contributed by atoms with van der Waals surface area (Å²) < 4.78 is 16.7. The van der Waals surface area contributed by atoms with Crippen LogP contribution in [-0.2, 0) is 19.4 Å². The van der Waals surface area contributed by atoms with Gasteiger partial charge in [-0.1, -0.05) is 17.6 Å². The Morgan fingerprint density at radius 3 is 2.90 bits per heavy atom. The van der Waals surface area contributed by atoms with Gasteiger partial charge in [-0.3, -0.25) is 9.78 Å². The lowest BCUT2D eigenvalue weighted by molar-refractivity contribution is 0.101. The number of nitrogens with one attached hydrogen (secondary N) is 1. The van der Waals surface area contributed by atoms with Gasteiger partial charge < -0.3 is 19.3 Å². The van der Waals surface area contributed by atoms with E-state index in [0.717, 1.165) is 49.0 Å². The minimum Gasteiger partial charge on any atom is -0.493 e. The van der Waals surface area contributed by atoms with Crippen LogP contribution in [0.4, 0.5) is 5.69 Å². The highest BCUT2D eigenvalue weighted by molar-refractivity contribution is 6.04. The van der Waals surface area contributed by atoms with Gasteiger partial charge in [-0.25, -0.2) is 0 Å². The molecule has 150 valence electrons. The molecule has 7 nitrogen and oxygen atoms in total. The third-order valence-electron chi connectivity index (χ3n) is 4.95. The molecule has 0 unspecified atom stereocenters. The van der Waals surface area contributed by atoms with Gasteiger partial charge in [0.2, 0.25) is 0 Å². The monoisotopic (exact) mass is 393 g/mol. The molecule has 1 aliphatic rings. The van der Waals surface area contributed by atoms with Crippen molar-refractivity contribution in [2.75, 3.05) is 12.4 Å². The number of carbonyl (C=O) groups excluding carboxylic acids is 1. The molecule has 0 radical (unpaired) electrons. The Labute approximate surface area is 169 Å². The lowest BCUT2D eigenvalue weighted by atomic mass is 10.1.